The molecule has 0 saturated heterocycles. The van der Waals surface area contributed by atoms with Crippen LogP contribution in [0.2, 0.25) is 15.1 Å². The summed E-state index contributed by atoms with van der Waals surface area (Å²) in [6.45, 7) is 4.75. The Morgan fingerprint density at radius 3 is 2.22 bits per heavy atom. The van der Waals surface area contributed by atoms with Crippen LogP contribution in [0.25, 0.3) is 0 Å². The minimum absolute atomic E-state index is 0.0222. The van der Waals surface area contributed by atoms with Crippen molar-refractivity contribution in [1.29, 1.82) is 0 Å². The first-order valence-corrected chi connectivity index (χ1v) is 15.4. The number of amides is 2. The van der Waals surface area contributed by atoms with Gasteiger partial charge in [-0.25, -0.2) is 8.42 Å². The third-order valence-electron chi connectivity index (χ3n) is 6.17. The maximum atomic E-state index is 14.1. The number of rotatable bonds is 12. The smallest absolute Gasteiger partial charge is 0.264 e. The molecule has 2 amide bonds. The highest BCUT2D eigenvalue weighted by molar-refractivity contribution is 7.92. The van der Waals surface area contributed by atoms with E-state index in [0.29, 0.717) is 10.6 Å². The van der Waals surface area contributed by atoms with Gasteiger partial charge in [0.05, 0.1) is 27.7 Å². The molecular formula is C29H32Cl3N3O5S. The van der Waals surface area contributed by atoms with Crippen molar-refractivity contribution >= 4 is 62.3 Å². The van der Waals surface area contributed by atoms with E-state index in [1.165, 1.54) is 36.3 Å². The van der Waals surface area contributed by atoms with E-state index in [-0.39, 0.29) is 51.3 Å². The molecule has 3 rings (SSSR count). The minimum Gasteiger partial charge on any atom is -0.495 e. The first kappa shape index (κ1) is 32.5. The number of ether oxygens (including phenoxy) is 1. The second-order valence-electron chi connectivity index (χ2n) is 9.50. The number of methoxy groups -OCH3 is 1. The molecule has 1 N–H and O–H groups in total. The van der Waals surface area contributed by atoms with Crippen LogP contribution >= 0.6 is 34.8 Å². The normalized spacial score (nSPS) is 12.1. The monoisotopic (exact) mass is 639 g/mol. The summed E-state index contributed by atoms with van der Waals surface area (Å²) in [5.74, 6) is -0.792. The van der Waals surface area contributed by atoms with E-state index in [2.05, 4.69) is 5.32 Å². The summed E-state index contributed by atoms with van der Waals surface area (Å²) in [7, 11) is -2.89. The number of nitrogens with zero attached hydrogens (tertiary/aromatic N) is 2. The lowest BCUT2D eigenvalue weighted by Gasteiger charge is -2.34. The summed E-state index contributed by atoms with van der Waals surface area (Å²) in [6, 6.07) is 16.0. The number of benzene rings is 3. The van der Waals surface area contributed by atoms with Gasteiger partial charge in [-0.2, -0.15) is 0 Å². The largest absolute Gasteiger partial charge is 0.495 e. The number of sulfonamides is 1. The van der Waals surface area contributed by atoms with E-state index in [1.54, 1.807) is 49.4 Å². The van der Waals surface area contributed by atoms with Crippen LogP contribution < -0.4 is 14.4 Å². The maximum Gasteiger partial charge on any atom is 0.264 e. The number of hydrogen-bond acceptors (Lipinski definition) is 5. The average molecular weight is 641 g/mol. The van der Waals surface area contributed by atoms with E-state index in [1.807, 2.05) is 13.8 Å². The molecule has 220 valence electrons. The highest BCUT2D eigenvalue weighted by atomic mass is 35.5. The number of carbonyl (C=O) groups excluding carboxylic acids is 2. The van der Waals surface area contributed by atoms with Gasteiger partial charge in [0.1, 0.15) is 18.3 Å². The molecule has 0 heterocycles. The zero-order chi connectivity index (χ0) is 30.3. The van der Waals surface area contributed by atoms with Crippen molar-refractivity contribution in [2.45, 2.75) is 50.7 Å². The fourth-order valence-corrected chi connectivity index (χ4v) is 6.15. The Kier molecular flexibility index (Phi) is 11.3. The summed E-state index contributed by atoms with van der Waals surface area (Å²) >= 11 is 18.6. The Balaban J connectivity index is 2.13. The number of carbonyl (C=O) groups is 2. The summed E-state index contributed by atoms with van der Waals surface area (Å²) in [6.07, 6.45) is 0.275. The van der Waals surface area contributed by atoms with Crippen molar-refractivity contribution in [3.05, 3.63) is 87.4 Å². The summed E-state index contributed by atoms with van der Waals surface area (Å²) in [5, 5.41) is 3.72. The lowest BCUT2D eigenvalue weighted by molar-refractivity contribution is -0.140. The van der Waals surface area contributed by atoms with Gasteiger partial charge in [-0.05, 0) is 68.3 Å². The average Bonchev–Trinajstić information content (AvgIpc) is 2.93. The molecule has 0 fully saturated rings. The molecule has 0 aliphatic heterocycles. The van der Waals surface area contributed by atoms with E-state index in [0.717, 1.165) is 4.31 Å². The van der Waals surface area contributed by atoms with E-state index >= 15 is 0 Å². The molecule has 0 aliphatic rings. The molecule has 3 aromatic carbocycles. The Morgan fingerprint density at radius 1 is 0.951 bits per heavy atom. The predicted octanol–water partition coefficient (Wildman–Crippen LogP) is 6.18. The van der Waals surface area contributed by atoms with Gasteiger partial charge < -0.3 is 15.0 Å². The molecule has 0 aromatic heterocycles. The van der Waals surface area contributed by atoms with Crippen molar-refractivity contribution in [3.63, 3.8) is 0 Å². The molecule has 8 nitrogen and oxygen atoms in total. The van der Waals surface area contributed by atoms with Crippen LogP contribution in [0.15, 0.2) is 71.6 Å². The van der Waals surface area contributed by atoms with Crippen LogP contribution in [0.3, 0.4) is 0 Å². The fourth-order valence-electron chi connectivity index (χ4n) is 4.23. The van der Waals surface area contributed by atoms with Crippen LogP contribution in [0.1, 0.15) is 32.8 Å². The third-order valence-corrected chi connectivity index (χ3v) is 8.92. The summed E-state index contributed by atoms with van der Waals surface area (Å²) < 4.78 is 34.3. The molecule has 0 aliphatic carbocycles. The quantitative estimate of drug-likeness (QED) is 0.255. The summed E-state index contributed by atoms with van der Waals surface area (Å²) in [4.78, 5) is 28.7. The second kappa shape index (κ2) is 14.3. The number of nitrogens with one attached hydrogen (secondary N) is 1. The van der Waals surface area contributed by atoms with Gasteiger partial charge in [0, 0.05) is 17.6 Å². The van der Waals surface area contributed by atoms with E-state index in [4.69, 9.17) is 39.5 Å². The standard InChI is InChI=1S/C29H32Cl3N3O5S/c1-5-25(29(37)33-19(2)3)34(17-20-11-13-23(31)24(32)15-20)28(36)18-35(26-16-21(30)12-14-27(26)40-4)41(38,39)22-9-7-6-8-10-22/h6-16,19,25H,5,17-18H2,1-4H3,(H,33,37). The first-order valence-electron chi connectivity index (χ1n) is 12.8. The number of halogens is 3. The Labute approximate surface area is 256 Å². The van der Waals surface area contributed by atoms with E-state index in [9.17, 15) is 18.0 Å². The Hall–Kier alpha value is -2.98. The molecule has 3 aromatic rings. The third kappa shape index (κ3) is 8.07. The molecule has 0 radical (unpaired) electrons. The zero-order valence-corrected chi connectivity index (χ0v) is 26.2. The SMILES string of the molecule is CCC(C(=O)NC(C)C)N(Cc1ccc(Cl)c(Cl)c1)C(=O)CN(c1cc(Cl)ccc1OC)S(=O)(=O)c1ccccc1. The van der Waals surface area contributed by atoms with E-state index < -0.39 is 28.5 Å². The highest BCUT2D eigenvalue weighted by Gasteiger charge is 2.35. The minimum atomic E-state index is -4.28. The van der Waals surface area contributed by atoms with Gasteiger partial charge >= 0.3 is 0 Å². The molecule has 1 atom stereocenters. The van der Waals surface area contributed by atoms with Crippen LogP contribution in [0, 0.1) is 0 Å². The van der Waals surface area contributed by atoms with Crippen molar-refractivity contribution in [3.8, 4) is 5.75 Å². The van der Waals surface area contributed by atoms with Crippen molar-refractivity contribution < 1.29 is 22.7 Å². The lowest BCUT2D eigenvalue weighted by atomic mass is 10.1. The lowest BCUT2D eigenvalue weighted by Crippen LogP contribution is -2.53. The molecule has 1 unspecified atom stereocenters. The molecule has 0 spiro atoms. The van der Waals surface area contributed by atoms with Crippen LogP contribution in [-0.2, 0) is 26.2 Å². The van der Waals surface area contributed by atoms with Gasteiger partial charge in [-0.1, -0.05) is 66.0 Å². The van der Waals surface area contributed by atoms with Crippen LogP contribution in [-0.4, -0.2) is 50.9 Å². The number of hydrogen-bond donors (Lipinski definition) is 1. The van der Waals surface area contributed by atoms with Crippen LogP contribution in [0.5, 0.6) is 5.75 Å². The molecule has 41 heavy (non-hydrogen) atoms. The molecule has 0 saturated carbocycles. The highest BCUT2D eigenvalue weighted by Crippen LogP contribution is 2.35. The predicted molar refractivity (Wildman–Crippen MR) is 163 cm³/mol. The topological polar surface area (TPSA) is 96.0 Å². The zero-order valence-electron chi connectivity index (χ0n) is 23.1. The molecular weight excluding hydrogens is 609 g/mol. The van der Waals surface area contributed by atoms with Crippen molar-refractivity contribution in [2.75, 3.05) is 18.0 Å². The van der Waals surface area contributed by atoms with Crippen molar-refractivity contribution in [1.82, 2.24) is 10.2 Å². The van der Waals surface area contributed by atoms with Gasteiger partial charge in [0.15, 0.2) is 0 Å². The molecule has 0 bridgehead atoms. The van der Waals surface area contributed by atoms with Crippen molar-refractivity contribution in [2.24, 2.45) is 0 Å². The van der Waals surface area contributed by atoms with Gasteiger partial charge in [-0.15, -0.1) is 0 Å². The van der Waals surface area contributed by atoms with Gasteiger partial charge in [-0.3, -0.25) is 13.9 Å². The second-order valence-corrected chi connectivity index (χ2v) is 12.6. The first-order chi connectivity index (χ1) is 19.4. The number of anilines is 1. The van der Waals surface area contributed by atoms with Gasteiger partial charge in [0.2, 0.25) is 11.8 Å². The van der Waals surface area contributed by atoms with Crippen LogP contribution in [0.4, 0.5) is 5.69 Å². The van der Waals surface area contributed by atoms with Gasteiger partial charge in [0.25, 0.3) is 10.0 Å². The maximum absolute atomic E-state index is 14.1. The Morgan fingerprint density at radius 2 is 1.63 bits per heavy atom. The summed E-state index contributed by atoms with van der Waals surface area (Å²) in [5.41, 5.74) is 0.688. The Bertz CT molecular complexity index is 1490. The fraction of sp³-hybridized carbons (Fsp3) is 0.310. The molecule has 12 heteroatoms.